The van der Waals surface area contributed by atoms with Crippen molar-refractivity contribution in [2.45, 2.75) is 0 Å². The minimum Gasteiger partial charge on any atom is -0.283 e. The number of hydrogen-bond donors (Lipinski definition) is 1. The van der Waals surface area contributed by atoms with E-state index >= 15 is 0 Å². The summed E-state index contributed by atoms with van der Waals surface area (Å²) in [4.78, 5) is 0. The summed E-state index contributed by atoms with van der Waals surface area (Å²) < 4.78 is 12.6. The van der Waals surface area contributed by atoms with Gasteiger partial charge in [-0.15, -0.1) is 0 Å². The van der Waals surface area contributed by atoms with E-state index in [4.69, 9.17) is 16.8 Å². The predicted octanol–water partition coefficient (Wildman–Crippen LogP) is 1.00. The van der Waals surface area contributed by atoms with E-state index in [0.717, 1.165) is 12.3 Å². The third kappa shape index (κ3) is 1.29. The lowest BCUT2D eigenvalue weighted by Gasteiger charge is -1.84. The molecule has 1 aromatic heterocycles. The third-order valence-corrected chi connectivity index (χ3v) is 1.14. The molecule has 0 aliphatic rings. The van der Waals surface area contributed by atoms with Crippen molar-refractivity contribution in [1.29, 1.82) is 0 Å². The summed E-state index contributed by atoms with van der Waals surface area (Å²) in [7, 11) is 0. The van der Waals surface area contributed by atoms with Gasteiger partial charge in [-0.2, -0.15) is 0 Å². The molecule has 0 radical (unpaired) electrons. The number of halogens is 2. The van der Waals surface area contributed by atoms with Crippen LogP contribution in [0.4, 0.5) is 4.39 Å². The Morgan fingerprint density at radius 3 is 2.67 bits per heavy atom. The van der Waals surface area contributed by atoms with Gasteiger partial charge in [0.2, 0.25) is 0 Å². The van der Waals surface area contributed by atoms with Crippen molar-refractivity contribution in [3.63, 3.8) is 0 Å². The Balaban J connectivity index is 3.17. The van der Waals surface area contributed by atoms with E-state index in [1.165, 1.54) is 6.07 Å². The van der Waals surface area contributed by atoms with Gasteiger partial charge in [-0.1, -0.05) is 0 Å². The van der Waals surface area contributed by atoms with Crippen LogP contribution in [0.15, 0.2) is 18.3 Å². The fraction of sp³-hybridized carbons (Fsp3) is 0. The van der Waals surface area contributed by atoms with Crippen molar-refractivity contribution < 1.29 is 14.3 Å². The SMILES string of the molecule is O[n+]1cc(F)ccc1Cl. The Morgan fingerprint density at radius 1 is 1.56 bits per heavy atom. The molecule has 1 N–H and O–H groups in total. The Hall–Kier alpha value is -0.830. The Bertz CT molecular complexity index is 228. The summed E-state index contributed by atoms with van der Waals surface area (Å²) in [5.41, 5.74) is 0. The summed E-state index contributed by atoms with van der Waals surface area (Å²) in [6.45, 7) is 0. The van der Waals surface area contributed by atoms with Gasteiger partial charge in [0.15, 0.2) is 5.82 Å². The summed E-state index contributed by atoms with van der Waals surface area (Å²) in [5.74, 6) is -0.526. The van der Waals surface area contributed by atoms with Crippen LogP contribution in [0.3, 0.4) is 0 Å². The van der Waals surface area contributed by atoms with Crippen LogP contribution in [0.5, 0.6) is 0 Å². The fourth-order valence-electron chi connectivity index (χ4n) is 0.446. The maximum atomic E-state index is 12.1. The Morgan fingerprint density at radius 2 is 2.22 bits per heavy atom. The van der Waals surface area contributed by atoms with Gasteiger partial charge in [-0.25, -0.2) is 4.39 Å². The number of pyridine rings is 1. The maximum absolute atomic E-state index is 12.1. The van der Waals surface area contributed by atoms with Gasteiger partial charge < -0.3 is 0 Å². The third-order valence-electron chi connectivity index (χ3n) is 0.845. The van der Waals surface area contributed by atoms with Gasteiger partial charge in [0.1, 0.15) is 0 Å². The van der Waals surface area contributed by atoms with Crippen LogP contribution in [0.1, 0.15) is 0 Å². The molecule has 2 nitrogen and oxygen atoms in total. The molecule has 0 atom stereocenters. The lowest BCUT2D eigenvalue weighted by molar-refractivity contribution is -0.903. The molecule has 0 unspecified atom stereocenters. The van der Waals surface area contributed by atoms with Gasteiger partial charge in [-0.05, 0) is 17.7 Å². The number of nitrogens with zero attached hydrogens (tertiary/aromatic N) is 1. The molecule has 0 bridgehead atoms. The maximum Gasteiger partial charge on any atom is 0.325 e. The van der Waals surface area contributed by atoms with Crippen LogP contribution in [-0.2, 0) is 0 Å². The van der Waals surface area contributed by atoms with Crippen molar-refractivity contribution >= 4 is 11.6 Å². The van der Waals surface area contributed by atoms with Gasteiger partial charge in [0.05, 0.1) is 0 Å². The van der Waals surface area contributed by atoms with Crippen LogP contribution < -0.4 is 4.73 Å². The van der Waals surface area contributed by atoms with E-state index < -0.39 is 5.82 Å². The Kier molecular flexibility index (Phi) is 1.53. The standard InChI is InChI=1S/C5H4ClFNO/c6-5-2-1-4(7)3-8(5)9/h1-3,9H/q+1. The molecule has 48 valence electrons. The molecule has 9 heavy (non-hydrogen) atoms. The van der Waals surface area contributed by atoms with Gasteiger partial charge in [-0.3, -0.25) is 5.21 Å². The zero-order chi connectivity index (χ0) is 6.85. The van der Waals surface area contributed by atoms with Crippen LogP contribution in [0, 0.1) is 5.82 Å². The highest BCUT2D eigenvalue weighted by atomic mass is 35.5. The molecule has 4 heteroatoms. The lowest BCUT2D eigenvalue weighted by atomic mass is 10.5. The molecule has 0 aromatic carbocycles. The number of aromatic nitrogens is 1. The second kappa shape index (κ2) is 2.19. The van der Waals surface area contributed by atoms with Crippen molar-refractivity contribution in [2.75, 3.05) is 0 Å². The molecule has 0 saturated carbocycles. The zero-order valence-electron chi connectivity index (χ0n) is 4.38. The highest BCUT2D eigenvalue weighted by molar-refractivity contribution is 6.28. The van der Waals surface area contributed by atoms with E-state index in [0.29, 0.717) is 4.73 Å². The van der Waals surface area contributed by atoms with Crippen molar-refractivity contribution in [2.24, 2.45) is 0 Å². The molecular weight excluding hydrogens is 145 g/mol. The molecule has 0 fully saturated rings. The minimum atomic E-state index is -0.526. The number of hydrogen-bond acceptors (Lipinski definition) is 1. The monoisotopic (exact) mass is 148 g/mol. The van der Waals surface area contributed by atoms with Crippen LogP contribution in [0.25, 0.3) is 0 Å². The molecule has 0 spiro atoms. The minimum absolute atomic E-state index is 0.0800. The van der Waals surface area contributed by atoms with Gasteiger partial charge in [0.25, 0.3) is 6.20 Å². The first kappa shape index (κ1) is 6.29. The fourth-order valence-corrected chi connectivity index (χ4v) is 0.558. The van der Waals surface area contributed by atoms with Crippen LogP contribution in [0.2, 0.25) is 5.15 Å². The van der Waals surface area contributed by atoms with E-state index in [-0.39, 0.29) is 5.15 Å². The number of rotatable bonds is 0. The molecule has 0 saturated heterocycles. The molecule has 0 aliphatic carbocycles. The van der Waals surface area contributed by atoms with Gasteiger partial charge >= 0.3 is 5.15 Å². The first-order valence-electron chi connectivity index (χ1n) is 2.26. The largest absolute Gasteiger partial charge is 0.325 e. The van der Waals surface area contributed by atoms with Crippen molar-refractivity contribution in [3.05, 3.63) is 29.3 Å². The molecular formula is C5H4ClFNO+. The first-order chi connectivity index (χ1) is 4.20. The second-order valence-electron chi connectivity index (χ2n) is 1.51. The van der Waals surface area contributed by atoms with E-state index in [2.05, 4.69) is 0 Å². The van der Waals surface area contributed by atoms with Crippen LogP contribution >= 0.6 is 11.6 Å². The molecule has 1 rings (SSSR count). The summed E-state index contributed by atoms with van der Waals surface area (Å²) >= 11 is 5.33. The molecule has 0 amide bonds. The quantitative estimate of drug-likeness (QED) is 0.331. The second-order valence-corrected chi connectivity index (χ2v) is 1.90. The molecule has 1 heterocycles. The average Bonchev–Trinajstić information content (AvgIpc) is 1.80. The van der Waals surface area contributed by atoms with Gasteiger partial charge in [0, 0.05) is 10.8 Å². The topological polar surface area (TPSA) is 24.1 Å². The van der Waals surface area contributed by atoms with E-state index in [1.54, 1.807) is 0 Å². The van der Waals surface area contributed by atoms with Crippen molar-refractivity contribution in [1.82, 2.24) is 0 Å². The highest BCUT2D eigenvalue weighted by Crippen LogP contribution is 1.99. The first-order valence-corrected chi connectivity index (χ1v) is 2.64. The van der Waals surface area contributed by atoms with E-state index in [1.807, 2.05) is 0 Å². The smallest absolute Gasteiger partial charge is 0.283 e. The Labute approximate surface area is 56.1 Å². The van der Waals surface area contributed by atoms with Crippen LogP contribution in [-0.4, -0.2) is 5.21 Å². The lowest BCUT2D eigenvalue weighted by Crippen LogP contribution is -2.31. The predicted molar refractivity (Wildman–Crippen MR) is 28.8 cm³/mol. The summed E-state index contributed by atoms with van der Waals surface area (Å²) in [5, 5.41) is 8.72. The summed E-state index contributed by atoms with van der Waals surface area (Å²) in [6.07, 6.45) is 0.877. The molecule has 0 aliphatic heterocycles. The van der Waals surface area contributed by atoms with E-state index in [9.17, 15) is 4.39 Å². The average molecular weight is 149 g/mol. The normalized spacial score (nSPS) is 9.56. The van der Waals surface area contributed by atoms with Crippen molar-refractivity contribution in [3.8, 4) is 0 Å². The summed E-state index contributed by atoms with van der Waals surface area (Å²) in [6, 6.07) is 2.42. The zero-order valence-corrected chi connectivity index (χ0v) is 5.14. The highest BCUT2D eigenvalue weighted by Gasteiger charge is 2.05. The molecule has 1 aromatic rings.